The quantitative estimate of drug-likeness (QED) is 0.652. The molecule has 0 saturated heterocycles. The van der Waals surface area contributed by atoms with E-state index in [-0.39, 0.29) is 0 Å². The molecule has 2 rings (SSSR count). The van der Waals surface area contributed by atoms with E-state index in [2.05, 4.69) is 0 Å². The van der Waals surface area contributed by atoms with E-state index in [0.29, 0.717) is 5.56 Å². The van der Waals surface area contributed by atoms with Gasteiger partial charge in [-0.1, -0.05) is 36.4 Å². The molecule has 0 fully saturated rings. The fourth-order valence-electron chi connectivity index (χ4n) is 1.79. The summed E-state index contributed by atoms with van der Waals surface area (Å²) in [7, 11) is 0. The molecule has 0 spiro atoms. The van der Waals surface area contributed by atoms with Crippen LogP contribution in [0.4, 0.5) is 0 Å². The number of aliphatic hydroxyl groups excluding tert-OH is 1. The number of hydrogen-bond donors (Lipinski definition) is 1. The third-order valence-electron chi connectivity index (χ3n) is 2.90. The van der Waals surface area contributed by atoms with Crippen LogP contribution in [0.1, 0.15) is 18.6 Å². The van der Waals surface area contributed by atoms with Gasteiger partial charge in [0.1, 0.15) is 6.10 Å². The molecule has 0 bridgehead atoms. The minimum atomic E-state index is -1.07. The molecule has 0 saturated carbocycles. The molecule has 0 aliphatic heterocycles. The van der Waals surface area contributed by atoms with Crippen molar-refractivity contribution in [3.8, 4) is 0 Å². The van der Waals surface area contributed by atoms with E-state index in [1.54, 1.807) is 12.1 Å². The Hall–Kier alpha value is -1.94. The lowest BCUT2D eigenvalue weighted by atomic mass is 10.00. The highest BCUT2D eigenvalue weighted by atomic mass is 16.6. The van der Waals surface area contributed by atoms with Crippen molar-refractivity contribution in [1.29, 1.82) is 0 Å². The fraction of sp³-hybridized carbons (Fsp3) is 0.231. The maximum atomic E-state index is 10.6. The number of aliphatic hydroxyl groups is 1. The lowest BCUT2D eigenvalue weighted by Gasteiger charge is -2.13. The molecule has 0 unspecified atom stereocenters. The number of hydrogen-bond acceptors (Lipinski definition) is 3. The smallest absolute Gasteiger partial charge is 0.239 e. The summed E-state index contributed by atoms with van der Waals surface area (Å²) in [5, 5.41) is 22.5. The third-order valence-corrected chi connectivity index (χ3v) is 2.90. The number of nitro groups is 1. The van der Waals surface area contributed by atoms with E-state index in [1.807, 2.05) is 30.3 Å². The van der Waals surface area contributed by atoms with Crippen LogP contribution in [0, 0.1) is 10.1 Å². The Morgan fingerprint density at radius 2 is 1.82 bits per heavy atom. The zero-order valence-electron chi connectivity index (χ0n) is 9.41. The molecule has 4 nitrogen and oxygen atoms in total. The van der Waals surface area contributed by atoms with Crippen molar-refractivity contribution in [3.63, 3.8) is 0 Å². The van der Waals surface area contributed by atoms with Crippen LogP contribution in [0.5, 0.6) is 0 Å². The third kappa shape index (κ3) is 2.26. The van der Waals surface area contributed by atoms with Crippen LogP contribution < -0.4 is 0 Å². The van der Waals surface area contributed by atoms with Gasteiger partial charge in [0.2, 0.25) is 6.04 Å². The van der Waals surface area contributed by atoms with Crippen LogP contribution in [0.3, 0.4) is 0 Å². The Kier molecular flexibility index (Phi) is 3.06. The van der Waals surface area contributed by atoms with Gasteiger partial charge in [0, 0.05) is 11.8 Å². The summed E-state index contributed by atoms with van der Waals surface area (Å²) < 4.78 is 0. The second kappa shape index (κ2) is 4.51. The molecule has 4 heteroatoms. The summed E-state index contributed by atoms with van der Waals surface area (Å²) >= 11 is 0. The average Bonchev–Trinajstić information content (AvgIpc) is 2.36. The van der Waals surface area contributed by atoms with Crippen LogP contribution in [0.25, 0.3) is 10.8 Å². The van der Waals surface area contributed by atoms with E-state index in [9.17, 15) is 15.2 Å². The number of nitrogens with zero attached hydrogens (tertiary/aromatic N) is 1. The molecule has 88 valence electrons. The summed E-state index contributed by atoms with van der Waals surface area (Å²) in [4.78, 5) is 10.2. The average molecular weight is 231 g/mol. The van der Waals surface area contributed by atoms with Crippen molar-refractivity contribution in [1.82, 2.24) is 0 Å². The maximum Gasteiger partial charge on any atom is 0.239 e. The monoisotopic (exact) mass is 231 g/mol. The van der Waals surface area contributed by atoms with Gasteiger partial charge in [0.05, 0.1) is 0 Å². The Balaban J connectivity index is 2.39. The first-order valence-electron chi connectivity index (χ1n) is 5.40. The van der Waals surface area contributed by atoms with Gasteiger partial charge in [-0.25, -0.2) is 0 Å². The van der Waals surface area contributed by atoms with Gasteiger partial charge in [-0.15, -0.1) is 0 Å². The Labute approximate surface area is 98.7 Å². The van der Waals surface area contributed by atoms with Crippen molar-refractivity contribution >= 4 is 10.8 Å². The molecule has 2 aromatic carbocycles. The minimum Gasteiger partial charge on any atom is -0.381 e. The fourth-order valence-corrected chi connectivity index (χ4v) is 1.79. The second-order valence-electron chi connectivity index (χ2n) is 4.08. The number of fused-ring (bicyclic) bond motifs is 1. The van der Waals surface area contributed by atoms with Gasteiger partial charge in [-0.3, -0.25) is 10.1 Å². The standard InChI is InChI=1S/C13H13NO3/c1-9(14(16)17)13(15)12-7-6-10-4-2-3-5-11(10)8-12/h2-9,13,15H,1H3/t9-,13-/m1/s1. The predicted octanol–water partition coefficient (Wildman–Crippen LogP) is 2.54. The first kappa shape index (κ1) is 11.5. The maximum absolute atomic E-state index is 10.6. The first-order valence-corrected chi connectivity index (χ1v) is 5.40. The van der Waals surface area contributed by atoms with Gasteiger partial charge < -0.3 is 5.11 Å². The first-order chi connectivity index (χ1) is 8.09. The lowest BCUT2D eigenvalue weighted by molar-refractivity contribution is -0.531. The van der Waals surface area contributed by atoms with Crippen molar-refractivity contribution in [2.24, 2.45) is 0 Å². The number of benzene rings is 2. The van der Waals surface area contributed by atoms with E-state index in [0.717, 1.165) is 10.8 Å². The molecular formula is C13H13NO3. The molecule has 0 radical (unpaired) electrons. The van der Waals surface area contributed by atoms with Crippen LogP contribution in [0.2, 0.25) is 0 Å². The van der Waals surface area contributed by atoms with E-state index >= 15 is 0 Å². The highest BCUT2D eigenvalue weighted by molar-refractivity contribution is 5.83. The SMILES string of the molecule is C[C@H]([C@@H](O)c1ccc2ccccc2c1)[N+](=O)[O-]. The lowest BCUT2D eigenvalue weighted by Crippen LogP contribution is -2.23. The Morgan fingerprint density at radius 1 is 1.18 bits per heavy atom. The highest BCUT2D eigenvalue weighted by Crippen LogP contribution is 2.23. The second-order valence-corrected chi connectivity index (χ2v) is 4.08. The Bertz CT molecular complexity index is 553. The predicted molar refractivity (Wildman–Crippen MR) is 65.4 cm³/mol. The molecule has 0 aliphatic carbocycles. The van der Waals surface area contributed by atoms with Crippen LogP contribution in [-0.4, -0.2) is 16.1 Å². The van der Waals surface area contributed by atoms with Crippen molar-refractivity contribution < 1.29 is 10.0 Å². The van der Waals surface area contributed by atoms with Crippen LogP contribution >= 0.6 is 0 Å². The Morgan fingerprint density at radius 3 is 2.47 bits per heavy atom. The van der Waals surface area contributed by atoms with Crippen molar-refractivity contribution in [2.45, 2.75) is 19.1 Å². The zero-order valence-corrected chi connectivity index (χ0v) is 9.41. The molecule has 1 N–H and O–H groups in total. The molecule has 0 heterocycles. The normalized spacial score (nSPS) is 14.5. The van der Waals surface area contributed by atoms with Gasteiger partial charge >= 0.3 is 0 Å². The molecule has 17 heavy (non-hydrogen) atoms. The van der Waals surface area contributed by atoms with E-state index in [4.69, 9.17) is 0 Å². The molecule has 0 amide bonds. The summed E-state index contributed by atoms with van der Waals surface area (Å²) in [5.41, 5.74) is 0.577. The molecule has 0 aliphatic rings. The summed E-state index contributed by atoms with van der Waals surface area (Å²) in [6, 6.07) is 12.1. The topological polar surface area (TPSA) is 63.4 Å². The highest BCUT2D eigenvalue weighted by Gasteiger charge is 2.25. The largest absolute Gasteiger partial charge is 0.381 e. The van der Waals surface area contributed by atoms with Crippen molar-refractivity contribution in [2.75, 3.05) is 0 Å². The van der Waals surface area contributed by atoms with Gasteiger partial charge in [-0.05, 0) is 22.4 Å². The molecule has 0 aromatic heterocycles. The summed E-state index contributed by atoms with van der Waals surface area (Å²) in [6.45, 7) is 1.40. The van der Waals surface area contributed by atoms with Gasteiger partial charge in [-0.2, -0.15) is 0 Å². The molecule has 2 aromatic rings. The van der Waals surface area contributed by atoms with E-state index in [1.165, 1.54) is 6.92 Å². The van der Waals surface area contributed by atoms with E-state index < -0.39 is 17.1 Å². The molecular weight excluding hydrogens is 218 g/mol. The minimum absolute atomic E-state index is 0.472. The van der Waals surface area contributed by atoms with Gasteiger partial charge in [0.15, 0.2) is 0 Å². The van der Waals surface area contributed by atoms with Gasteiger partial charge in [0.25, 0.3) is 0 Å². The van der Waals surface area contributed by atoms with Crippen LogP contribution in [-0.2, 0) is 0 Å². The molecule has 2 atom stereocenters. The number of rotatable bonds is 3. The van der Waals surface area contributed by atoms with Crippen molar-refractivity contribution in [3.05, 3.63) is 58.1 Å². The zero-order chi connectivity index (χ0) is 12.4. The van der Waals surface area contributed by atoms with Crippen LogP contribution in [0.15, 0.2) is 42.5 Å². The summed E-state index contributed by atoms with van der Waals surface area (Å²) in [6.07, 6.45) is -1.07. The summed E-state index contributed by atoms with van der Waals surface area (Å²) in [5.74, 6) is 0.